The lowest BCUT2D eigenvalue weighted by Crippen LogP contribution is -2.30. The Bertz CT molecular complexity index is 2300. The first-order chi connectivity index (χ1) is 50.7. The molecule has 0 saturated heterocycles. The van der Waals surface area contributed by atoms with E-state index in [1.54, 1.807) is 0 Å². The van der Waals surface area contributed by atoms with Crippen molar-refractivity contribution in [1.29, 1.82) is 0 Å². The molecule has 0 radical (unpaired) electrons. The molecule has 0 heterocycles. The van der Waals surface area contributed by atoms with Gasteiger partial charge in [-0.05, 0) is 122 Å². The van der Waals surface area contributed by atoms with Crippen LogP contribution in [0.5, 0.6) is 0 Å². The van der Waals surface area contributed by atoms with E-state index in [0.29, 0.717) is 25.7 Å². The van der Waals surface area contributed by atoms with Gasteiger partial charge in [0.15, 0.2) is 12.2 Å². The zero-order valence-electron chi connectivity index (χ0n) is 66.2. The minimum absolute atomic E-state index is 0.0917. The summed E-state index contributed by atoms with van der Waals surface area (Å²) in [5, 5.41) is 10.7. The third kappa shape index (κ3) is 76.4. The molecule has 0 saturated carbocycles. The number of aliphatic hydroxyl groups excluding tert-OH is 1. The molecule has 0 rings (SSSR count). The highest BCUT2D eigenvalue weighted by Crippen LogP contribution is 2.45. The van der Waals surface area contributed by atoms with E-state index in [-0.39, 0.29) is 25.7 Å². The second-order valence-electron chi connectivity index (χ2n) is 28.0. The Balaban J connectivity index is 5.37. The van der Waals surface area contributed by atoms with Gasteiger partial charge < -0.3 is 33.8 Å². The van der Waals surface area contributed by atoms with Crippen LogP contribution in [0.3, 0.4) is 0 Å². The standard InChI is InChI=1S/C85H152O17P2/c1-5-9-13-17-21-25-29-33-37-38-39-40-44-46-50-54-58-62-66-70-83(88)96-76-81(102-85(90)72-68-64-60-56-52-48-43-36-32-28-24-20-16-12-8-4)78-100-104(93,94)98-74-79(86)73-97-103(91,92)99-77-80(101-84(89)71-67-63-59-55-51-47-42-35-31-27-23-19-15-11-7-3)75-95-82(87)69-65-61-57-53-49-45-41-34-30-26-22-18-14-10-6-2/h9,13,21,25-27,30-31,33,37,39-40,46,50,79-81,86H,5-8,10-12,14-20,22-24,28-29,32,34-36,38,41-45,47-49,51-78H2,1-4H3,(H,91,92)(H,93,94)/b13-9-,25-21-,30-26-,31-27-,37-33-,40-39-,50-46-/t79-,80+,81+/m0/s1. The molecular formula is C85H152O17P2. The fraction of sp³-hybridized carbons (Fsp3) is 0.788. The molecule has 0 aromatic rings. The van der Waals surface area contributed by atoms with E-state index >= 15 is 0 Å². The van der Waals surface area contributed by atoms with Gasteiger partial charge in [-0.3, -0.25) is 37.3 Å². The first kappa shape index (κ1) is 100. The number of rotatable bonds is 79. The molecule has 0 aromatic heterocycles. The molecule has 104 heavy (non-hydrogen) atoms. The number of ether oxygens (including phenoxy) is 4. The monoisotopic (exact) mass is 1510 g/mol. The maximum absolute atomic E-state index is 13.1. The van der Waals surface area contributed by atoms with E-state index in [1.807, 2.05) is 0 Å². The predicted molar refractivity (Wildman–Crippen MR) is 427 cm³/mol. The number of esters is 4. The lowest BCUT2D eigenvalue weighted by atomic mass is 10.0. The number of phosphoric ester groups is 2. The smallest absolute Gasteiger partial charge is 0.462 e. The van der Waals surface area contributed by atoms with Crippen LogP contribution in [0.15, 0.2) is 85.1 Å². The summed E-state index contributed by atoms with van der Waals surface area (Å²) in [5.74, 6) is -2.19. The second kappa shape index (κ2) is 77.4. The van der Waals surface area contributed by atoms with Gasteiger partial charge in [0.25, 0.3) is 0 Å². The first-order valence-corrected chi connectivity index (χ1v) is 44.8. The minimum Gasteiger partial charge on any atom is -0.462 e. The molecule has 5 atom stereocenters. The lowest BCUT2D eigenvalue weighted by molar-refractivity contribution is -0.161. The van der Waals surface area contributed by atoms with Crippen LogP contribution in [0.1, 0.15) is 374 Å². The van der Waals surface area contributed by atoms with E-state index in [4.69, 9.17) is 37.0 Å². The van der Waals surface area contributed by atoms with Crippen LogP contribution in [0.2, 0.25) is 0 Å². The Labute approximate surface area is 634 Å². The summed E-state index contributed by atoms with van der Waals surface area (Å²) in [7, 11) is -9.96. The predicted octanol–water partition coefficient (Wildman–Crippen LogP) is 24.6. The Morgan fingerprint density at radius 2 is 0.500 bits per heavy atom. The summed E-state index contributed by atoms with van der Waals surface area (Å²) < 4.78 is 68.7. The summed E-state index contributed by atoms with van der Waals surface area (Å²) in [6.45, 7) is 4.77. The molecule has 0 aliphatic rings. The summed E-state index contributed by atoms with van der Waals surface area (Å²) >= 11 is 0. The molecule has 0 aliphatic carbocycles. The number of carbonyl (C=O) groups is 4. The molecule has 0 bridgehead atoms. The second-order valence-corrected chi connectivity index (χ2v) is 30.9. The average Bonchev–Trinajstić information content (AvgIpc) is 0.918. The van der Waals surface area contributed by atoms with Gasteiger partial charge in [0, 0.05) is 25.7 Å². The van der Waals surface area contributed by atoms with Crippen molar-refractivity contribution >= 4 is 39.5 Å². The van der Waals surface area contributed by atoms with Crippen LogP contribution in [0.4, 0.5) is 0 Å². The van der Waals surface area contributed by atoms with Crippen molar-refractivity contribution < 1.29 is 80.2 Å². The number of aliphatic hydroxyl groups is 1. The average molecular weight is 1510 g/mol. The molecular weight excluding hydrogens is 1350 g/mol. The molecule has 0 spiro atoms. The zero-order valence-corrected chi connectivity index (χ0v) is 68.0. The quantitative estimate of drug-likeness (QED) is 0.0169. The molecule has 604 valence electrons. The van der Waals surface area contributed by atoms with Crippen LogP contribution in [0, 0.1) is 0 Å². The summed E-state index contributed by atoms with van der Waals surface area (Å²) in [4.78, 5) is 73.1. The van der Waals surface area contributed by atoms with Crippen molar-refractivity contribution in [1.82, 2.24) is 0 Å². The third-order valence-corrected chi connectivity index (χ3v) is 19.7. The fourth-order valence-corrected chi connectivity index (χ4v) is 13.1. The van der Waals surface area contributed by atoms with Crippen LogP contribution in [-0.4, -0.2) is 96.7 Å². The van der Waals surface area contributed by atoms with Crippen LogP contribution in [0.25, 0.3) is 0 Å². The number of phosphoric acid groups is 2. The molecule has 3 N–H and O–H groups in total. The van der Waals surface area contributed by atoms with Crippen LogP contribution in [-0.2, 0) is 65.4 Å². The van der Waals surface area contributed by atoms with Crippen molar-refractivity contribution in [2.45, 2.75) is 393 Å². The maximum atomic E-state index is 13.1. The Morgan fingerprint density at radius 3 is 0.798 bits per heavy atom. The fourth-order valence-electron chi connectivity index (χ4n) is 11.5. The molecule has 0 aromatic carbocycles. The number of hydrogen-bond donors (Lipinski definition) is 3. The summed E-state index contributed by atoms with van der Waals surface area (Å²) in [6.07, 6.45) is 81.1. The van der Waals surface area contributed by atoms with Crippen LogP contribution < -0.4 is 0 Å². The van der Waals surface area contributed by atoms with Gasteiger partial charge in [-0.2, -0.15) is 0 Å². The molecule has 0 amide bonds. The van der Waals surface area contributed by atoms with Crippen molar-refractivity contribution in [3.8, 4) is 0 Å². The highest BCUT2D eigenvalue weighted by molar-refractivity contribution is 7.47. The van der Waals surface area contributed by atoms with Crippen molar-refractivity contribution in [3.63, 3.8) is 0 Å². The number of allylic oxidation sites excluding steroid dienone is 14. The number of unbranched alkanes of at least 4 members (excludes halogenated alkanes) is 39. The Kier molecular flexibility index (Phi) is 74.6. The van der Waals surface area contributed by atoms with E-state index in [0.717, 1.165) is 167 Å². The minimum atomic E-state index is -4.98. The third-order valence-electron chi connectivity index (χ3n) is 17.8. The molecule has 19 heteroatoms. The number of hydrogen-bond acceptors (Lipinski definition) is 15. The van der Waals surface area contributed by atoms with Gasteiger partial charge in [0.2, 0.25) is 0 Å². The highest BCUT2D eigenvalue weighted by Gasteiger charge is 2.30. The van der Waals surface area contributed by atoms with Crippen molar-refractivity contribution in [2.24, 2.45) is 0 Å². The van der Waals surface area contributed by atoms with Gasteiger partial charge in [-0.1, -0.05) is 312 Å². The van der Waals surface area contributed by atoms with Gasteiger partial charge in [0.05, 0.1) is 26.4 Å². The Hall–Kier alpha value is -3.76. The van der Waals surface area contributed by atoms with E-state index in [1.165, 1.54) is 128 Å². The van der Waals surface area contributed by atoms with Crippen molar-refractivity contribution in [3.05, 3.63) is 85.1 Å². The molecule has 0 fully saturated rings. The van der Waals surface area contributed by atoms with E-state index in [2.05, 4.69) is 113 Å². The lowest BCUT2D eigenvalue weighted by Gasteiger charge is -2.21. The van der Waals surface area contributed by atoms with Gasteiger partial charge in [-0.25, -0.2) is 9.13 Å². The molecule has 2 unspecified atom stereocenters. The SMILES string of the molecule is CC/C=C\C/C=C\C/C=C\C/C=C\C/C=C\CCCCCC(=O)OC[C@H](COP(=O)(O)OC[C@@H](O)COP(=O)(O)OC[C@@H](COC(=O)CCCCCCCCC/C=C\CCCCCC)OC(=O)CCCCCCCCC/C=C\CCCCCC)OC(=O)CCCCCCCCCCCCCCCCC. The number of carbonyl (C=O) groups excluding carboxylic acids is 4. The summed E-state index contributed by atoms with van der Waals surface area (Å²) in [6, 6.07) is 0. The van der Waals surface area contributed by atoms with Crippen molar-refractivity contribution in [2.75, 3.05) is 39.6 Å². The van der Waals surface area contributed by atoms with Crippen LogP contribution >= 0.6 is 15.6 Å². The molecule has 17 nitrogen and oxygen atoms in total. The highest BCUT2D eigenvalue weighted by atomic mass is 31.2. The Morgan fingerprint density at radius 1 is 0.279 bits per heavy atom. The summed E-state index contributed by atoms with van der Waals surface area (Å²) in [5.41, 5.74) is 0. The van der Waals surface area contributed by atoms with Gasteiger partial charge >= 0.3 is 39.5 Å². The zero-order chi connectivity index (χ0) is 76.0. The maximum Gasteiger partial charge on any atom is 0.472 e. The van der Waals surface area contributed by atoms with Gasteiger partial charge in [0.1, 0.15) is 19.3 Å². The van der Waals surface area contributed by atoms with E-state index in [9.17, 15) is 43.2 Å². The largest absolute Gasteiger partial charge is 0.472 e. The topological polar surface area (TPSA) is 237 Å². The molecule has 0 aliphatic heterocycles. The first-order valence-electron chi connectivity index (χ1n) is 41.8. The van der Waals surface area contributed by atoms with Gasteiger partial charge in [-0.15, -0.1) is 0 Å². The van der Waals surface area contributed by atoms with E-state index < -0.39 is 97.5 Å². The normalized spacial score (nSPS) is 14.3.